The summed E-state index contributed by atoms with van der Waals surface area (Å²) in [5.74, 6) is -0.236. The summed E-state index contributed by atoms with van der Waals surface area (Å²) in [5, 5.41) is 12.7. The molecule has 2 N–H and O–H groups in total. The van der Waals surface area contributed by atoms with Crippen LogP contribution in [0.2, 0.25) is 0 Å². The largest absolute Gasteiger partial charge is 0.388 e. The fourth-order valence-electron chi connectivity index (χ4n) is 1.01. The quantitative estimate of drug-likeness (QED) is 0.811. The summed E-state index contributed by atoms with van der Waals surface area (Å²) in [4.78, 5) is 15.7. The maximum atomic E-state index is 11.8. The highest BCUT2D eigenvalue weighted by molar-refractivity contribution is 5.94. The number of pyridine rings is 1. The number of aliphatic hydroxyl groups is 1. The number of amides is 1. The lowest BCUT2D eigenvalue weighted by atomic mass is 9.86. The van der Waals surface area contributed by atoms with Gasteiger partial charge < -0.3 is 10.4 Å². The van der Waals surface area contributed by atoms with Crippen molar-refractivity contribution in [2.24, 2.45) is 0 Å². The van der Waals surface area contributed by atoms with Crippen molar-refractivity contribution in [2.45, 2.75) is 38.8 Å². The van der Waals surface area contributed by atoms with E-state index in [1.54, 1.807) is 46.0 Å². The van der Waals surface area contributed by atoms with Gasteiger partial charge in [-0.3, -0.25) is 9.78 Å². The molecule has 1 heterocycles. The molecule has 0 saturated heterocycles. The highest BCUT2D eigenvalue weighted by Crippen LogP contribution is 2.20. The van der Waals surface area contributed by atoms with Gasteiger partial charge in [0, 0.05) is 12.4 Å². The van der Waals surface area contributed by atoms with Gasteiger partial charge in [-0.1, -0.05) is 0 Å². The van der Waals surface area contributed by atoms with Gasteiger partial charge >= 0.3 is 0 Å². The third-order valence-electron chi connectivity index (χ3n) is 2.88. The molecule has 0 aliphatic heterocycles. The van der Waals surface area contributed by atoms with Crippen LogP contribution in [0, 0.1) is 0 Å². The van der Waals surface area contributed by atoms with Crippen LogP contribution in [0.15, 0.2) is 24.5 Å². The monoisotopic (exact) mass is 222 g/mol. The number of aromatic nitrogens is 1. The van der Waals surface area contributed by atoms with Crippen LogP contribution < -0.4 is 5.32 Å². The van der Waals surface area contributed by atoms with E-state index in [1.165, 1.54) is 6.20 Å². The minimum Gasteiger partial charge on any atom is -0.388 e. The minimum absolute atomic E-state index is 0.236. The second-order valence-corrected chi connectivity index (χ2v) is 4.88. The van der Waals surface area contributed by atoms with Gasteiger partial charge in [0.1, 0.15) is 0 Å². The molecule has 1 aromatic heterocycles. The summed E-state index contributed by atoms with van der Waals surface area (Å²) < 4.78 is 0. The van der Waals surface area contributed by atoms with E-state index in [0.717, 1.165) is 0 Å². The first-order valence-electron chi connectivity index (χ1n) is 5.19. The number of hydrogen-bond acceptors (Lipinski definition) is 3. The predicted octanol–water partition coefficient (Wildman–Crippen LogP) is 1.36. The predicted molar refractivity (Wildman–Crippen MR) is 62.1 cm³/mol. The molecular weight excluding hydrogens is 204 g/mol. The second-order valence-electron chi connectivity index (χ2n) is 4.88. The van der Waals surface area contributed by atoms with Gasteiger partial charge in [0.2, 0.25) is 0 Å². The molecule has 16 heavy (non-hydrogen) atoms. The van der Waals surface area contributed by atoms with Crippen LogP contribution in [0.1, 0.15) is 38.1 Å². The molecule has 0 aromatic carbocycles. The Morgan fingerprint density at radius 3 is 2.44 bits per heavy atom. The lowest BCUT2D eigenvalue weighted by molar-refractivity contribution is -0.00293. The number of hydrogen-bond donors (Lipinski definition) is 2. The minimum atomic E-state index is -0.995. The summed E-state index contributed by atoms with van der Waals surface area (Å²) in [7, 11) is 0. The Labute approximate surface area is 95.7 Å². The molecule has 1 rings (SSSR count). The fraction of sp³-hybridized carbons (Fsp3) is 0.500. The van der Waals surface area contributed by atoms with E-state index in [4.69, 9.17) is 0 Å². The Morgan fingerprint density at radius 2 is 2.00 bits per heavy atom. The average molecular weight is 222 g/mol. The van der Waals surface area contributed by atoms with E-state index < -0.39 is 11.1 Å². The zero-order valence-electron chi connectivity index (χ0n) is 10.1. The molecule has 0 spiro atoms. The molecule has 0 fully saturated rings. The van der Waals surface area contributed by atoms with Crippen LogP contribution in [-0.2, 0) is 0 Å². The normalized spacial score (nSPS) is 12.3. The van der Waals surface area contributed by atoms with Gasteiger partial charge in [-0.15, -0.1) is 0 Å². The first-order chi connectivity index (χ1) is 7.24. The molecule has 0 unspecified atom stereocenters. The molecule has 0 atom stereocenters. The van der Waals surface area contributed by atoms with Crippen LogP contribution in [0.25, 0.3) is 0 Å². The molecule has 1 amide bonds. The molecule has 0 aliphatic carbocycles. The van der Waals surface area contributed by atoms with Gasteiger partial charge in [-0.2, -0.15) is 0 Å². The molecule has 0 saturated carbocycles. The highest BCUT2D eigenvalue weighted by Gasteiger charge is 2.36. The van der Waals surface area contributed by atoms with Crippen molar-refractivity contribution < 1.29 is 9.90 Å². The number of nitrogens with one attached hydrogen (secondary N) is 1. The van der Waals surface area contributed by atoms with E-state index >= 15 is 0 Å². The van der Waals surface area contributed by atoms with Gasteiger partial charge in [0.15, 0.2) is 0 Å². The van der Waals surface area contributed by atoms with E-state index in [1.807, 2.05) is 0 Å². The van der Waals surface area contributed by atoms with Gasteiger partial charge in [0.05, 0.1) is 16.7 Å². The van der Waals surface area contributed by atoms with Crippen LogP contribution in [0.5, 0.6) is 0 Å². The standard InChI is InChI=1S/C12H18N2O2/c1-11(2,12(3,4)16)14-10(15)9-6-5-7-13-8-9/h5-8,16H,1-4H3,(H,14,15). The lowest BCUT2D eigenvalue weighted by Gasteiger charge is -2.37. The summed E-state index contributed by atoms with van der Waals surface area (Å²) in [5.41, 5.74) is -1.22. The molecule has 4 heteroatoms. The van der Waals surface area contributed by atoms with Crippen LogP contribution >= 0.6 is 0 Å². The van der Waals surface area contributed by atoms with E-state index in [9.17, 15) is 9.90 Å². The summed E-state index contributed by atoms with van der Waals surface area (Å²) in [6.45, 7) is 6.88. The van der Waals surface area contributed by atoms with Crippen LogP contribution in [-0.4, -0.2) is 27.1 Å². The molecule has 0 bridgehead atoms. The van der Waals surface area contributed by atoms with Crippen molar-refractivity contribution in [3.05, 3.63) is 30.1 Å². The lowest BCUT2D eigenvalue weighted by Crippen LogP contribution is -2.57. The van der Waals surface area contributed by atoms with Crippen molar-refractivity contribution in [3.8, 4) is 0 Å². The highest BCUT2D eigenvalue weighted by atomic mass is 16.3. The summed E-state index contributed by atoms with van der Waals surface area (Å²) in [6.07, 6.45) is 3.10. The number of carbonyl (C=O) groups is 1. The topological polar surface area (TPSA) is 62.2 Å². The summed E-state index contributed by atoms with van der Waals surface area (Å²) >= 11 is 0. The van der Waals surface area contributed by atoms with Crippen molar-refractivity contribution in [1.29, 1.82) is 0 Å². The second kappa shape index (κ2) is 4.22. The Bertz CT molecular complexity index is 366. The number of carbonyl (C=O) groups excluding carboxylic acids is 1. The molecule has 0 aliphatic rings. The Morgan fingerprint density at radius 1 is 1.38 bits per heavy atom. The molecule has 88 valence electrons. The van der Waals surface area contributed by atoms with Crippen LogP contribution in [0.4, 0.5) is 0 Å². The summed E-state index contributed by atoms with van der Waals surface area (Å²) in [6, 6.07) is 3.38. The van der Waals surface area contributed by atoms with E-state index in [2.05, 4.69) is 10.3 Å². The molecule has 4 nitrogen and oxygen atoms in total. The third-order valence-corrected chi connectivity index (χ3v) is 2.88. The van der Waals surface area contributed by atoms with Crippen LogP contribution in [0.3, 0.4) is 0 Å². The first kappa shape index (κ1) is 12.6. The molecular formula is C12H18N2O2. The maximum Gasteiger partial charge on any atom is 0.253 e. The van der Waals surface area contributed by atoms with Gasteiger partial charge in [0.25, 0.3) is 5.91 Å². The zero-order chi connectivity index (χ0) is 12.4. The van der Waals surface area contributed by atoms with E-state index in [-0.39, 0.29) is 5.91 Å². The first-order valence-corrected chi connectivity index (χ1v) is 5.19. The zero-order valence-corrected chi connectivity index (χ0v) is 10.1. The van der Waals surface area contributed by atoms with Gasteiger partial charge in [-0.25, -0.2) is 0 Å². The maximum absolute atomic E-state index is 11.8. The number of nitrogens with zero attached hydrogens (tertiary/aromatic N) is 1. The van der Waals surface area contributed by atoms with Crippen molar-refractivity contribution in [2.75, 3.05) is 0 Å². The van der Waals surface area contributed by atoms with E-state index in [0.29, 0.717) is 5.56 Å². The molecule has 0 radical (unpaired) electrons. The fourth-order valence-corrected chi connectivity index (χ4v) is 1.01. The van der Waals surface area contributed by atoms with Crippen molar-refractivity contribution in [1.82, 2.24) is 10.3 Å². The Kier molecular flexibility index (Phi) is 3.33. The van der Waals surface area contributed by atoms with Crippen molar-refractivity contribution in [3.63, 3.8) is 0 Å². The third kappa shape index (κ3) is 2.79. The molecule has 1 aromatic rings. The van der Waals surface area contributed by atoms with Gasteiger partial charge in [-0.05, 0) is 39.8 Å². The Balaban J connectivity index is 2.80. The average Bonchev–Trinajstić information content (AvgIpc) is 2.16. The number of rotatable bonds is 3. The smallest absolute Gasteiger partial charge is 0.253 e. The SMILES string of the molecule is CC(C)(O)C(C)(C)NC(=O)c1cccnc1. The van der Waals surface area contributed by atoms with Crippen molar-refractivity contribution >= 4 is 5.91 Å². The Hall–Kier alpha value is -1.42.